The summed E-state index contributed by atoms with van der Waals surface area (Å²) in [4.78, 5) is 36.4. The molecule has 1 aliphatic heterocycles. The van der Waals surface area contributed by atoms with E-state index in [0.717, 1.165) is 55.1 Å². The predicted octanol–water partition coefficient (Wildman–Crippen LogP) is 5.14. The maximum Gasteiger partial charge on any atom is 0.320 e. The van der Waals surface area contributed by atoms with Gasteiger partial charge in [0.1, 0.15) is 0 Å². The van der Waals surface area contributed by atoms with Gasteiger partial charge in [-0.25, -0.2) is 4.79 Å². The van der Waals surface area contributed by atoms with Crippen molar-refractivity contribution in [2.45, 2.75) is 59.0 Å². The van der Waals surface area contributed by atoms with Crippen LogP contribution in [0.2, 0.25) is 5.02 Å². The molecule has 1 aromatic heterocycles. The van der Waals surface area contributed by atoms with Gasteiger partial charge in [0, 0.05) is 74.7 Å². The highest BCUT2D eigenvalue weighted by Gasteiger charge is 2.31. The molecule has 1 saturated carbocycles. The number of hydrogen-bond donors (Lipinski definition) is 0. The van der Waals surface area contributed by atoms with E-state index >= 15 is 0 Å². The lowest BCUT2D eigenvalue weighted by molar-refractivity contribution is 0.0763. The van der Waals surface area contributed by atoms with E-state index in [2.05, 4.69) is 23.7 Å². The lowest BCUT2D eigenvalue weighted by Gasteiger charge is -2.42. The number of rotatable bonds is 7. The summed E-state index contributed by atoms with van der Waals surface area (Å²) in [6, 6.07) is 7.89. The first-order chi connectivity index (χ1) is 16.7. The number of halogens is 1. The first-order valence-corrected chi connectivity index (χ1v) is 13.1. The lowest BCUT2D eigenvalue weighted by atomic mass is 9.85. The summed E-state index contributed by atoms with van der Waals surface area (Å²) in [6.45, 7) is 10.1. The van der Waals surface area contributed by atoms with E-state index in [1.54, 1.807) is 6.20 Å². The third kappa shape index (κ3) is 6.22. The Bertz CT molecular complexity index is 1070. The van der Waals surface area contributed by atoms with Crippen LogP contribution in [0.25, 0.3) is 0 Å². The number of amides is 2. The summed E-state index contributed by atoms with van der Waals surface area (Å²) < 4.78 is 0. The summed E-state index contributed by atoms with van der Waals surface area (Å²) in [5, 5.41) is 0.648. The number of piperazine rings is 1. The number of carbonyl (C=O) groups is 2. The van der Waals surface area contributed by atoms with Crippen LogP contribution >= 0.6 is 11.6 Å². The van der Waals surface area contributed by atoms with Gasteiger partial charge in [-0.05, 0) is 80.5 Å². The molecular weight excluding hydrogens is 460 g/mol. The van der Waals surface area contributed by atoms with Gasteiger partial charge in [0.05, 0.1) is 0 Å². The number of aromatic nitrogens is 1. The monoisotopic (exact) mass is 496 g/mol. The van der Waals surface area contributed by atoms with Crippen LogP contribution in [0.3, 0.4) is 0 Å². The molecule has 6 nitrogen and oxygen atoms in total. The number of nitrogens with zero attached hydrogens (tertiary/aromatic N) is 4. The fourth-order valence-electron chi connectivity index (χ4n) is 5.11. The van der Waals surface area contributed by atoms with Gasteiger partial charge in [-0.3, -0.25) is 14.7 Å². The molecule has 188 valence electrons. The standard InChI is InChI=1S/C28H37ClN4O2/c1-19-8-9-23(15-30-19)27(34)14-24-12-26(29)13-25(21(24)3)18-32-10-11-33(20(2)16-32)28(35)31(4)17-22-6-5-7-22/h8-9,12-13,15,20,22H,5-7,10-11,14,16-18H2,1-4H3/t20-/m0/s1. The van der Waals surface area contributed by atoms with Gasteiger partial charge in [-0.15, -0.1) is 0 Å². The SMILES string of the molecule is Cc1ccc(C(=O)Cc2cc(Cl)cc(CN3CCN(C(=O)N(C)CC4CCC4)[C@@H](C)C3)c2C)cn1. The van der Waals surface area contributed by atoms with Crippen molar-refractivity contribution in [3.63, 3.8) is 0 Å². The van der Waals surface area contributed by atoms with E-state index in [-0.39, 0.29) is 17.9 Å². The quantitative estimate of drug-likeness (QED) is 0.498. The fraction of sp³-hybridized carbons (Fsp3) is 0.536. The highest BCUT2D eigenvalue weighted by molar-refractivity contribution is 6.30. The Hall–Kier alpha value is -2.44. The molecule has 0 N–H and O–H groups in total. The van der Waals surface area contributed by atoms with E-state index in [0.29, 0.717) is 22.9 Å². The van der Waals surface area contributed by atoms with Crippen molar-refractivity contribution >= 4 is 23.4 Å². The zero-order valence-corrected chi connectivity index (χ0v) is 22.1. The normalized spacial score (nSPS) is 18.9. The second-order valence-electron chi connectivity index (χ2n) is 10.4. The van der Waals surface area contributed by atoms with Crippen LogP contribution < -0.4 is 0 Å². The molecule has 2 amide bonds. The minimum atomic E-state index is 0.0422. The number of pyridine rings is 1. The predicted molar refractivity (Wildman–Crippen MR) is 140 cm³/mol. The van der Waals surface area contributed by atoms with Crippen molar-refractivity contribution in [3.8, 4) is 0 Å². The Morgan fingerprint density at radius 2 is 1.89 bits per heavy atom. The Morgan fingerprint density at radius 1 is 1.14 bits per heavy atom. The largest absolute Gasteiger partial charge is 0.327 e. The molecule has 1 atom stereocenters. The molecule has 2 aromatic rings. The molecule has 2 heterocycles. The zero-order valence-electron chi connectivity index (χ0n) is 21.4. The summed E-state index contributed by atoms with van der Waals surface area (Å²) in [7, 11) is 1.94. The molecule has 0 spiro atoms. The maximum atomic E-state index is 13.0. The zero-order chi connectivity index (χ0) is 25.1. The fourth-order valence-corrected chi connectivity index (χ4v) is 5.38. The number of hydrogen-bond acceptors (Lipinski definition) is 4. The lowest BCUT2D eigenvalue weighted by Crippen LogP contribution is -2.57. The van der Waals surface area contributed by atoms with Crippen molar-refractivity contribution in [2.24, 2.45) is 5.92 Å². The molecule has 1 aromatic carbocycles. The van der Waals surface area contributed by atoms with Crippen LogP contribution in [0.1, 0.15) is 58.9 Å². The number of carbonyl (C=O) groups excluding carboxylic acids is 2. The molecule has 1 saturated heterocycles. The van der Waals surface area contributed by atoms with Gasteiger partial charge in [0.25, 0.3) is 0 Å². The van der Waals surface area contributed by atoms with E-state index < -0.39 is 0 Å². The molecule has 1 aliphatic carbocycles. The molecule has 2 aliphatic rings. The number of ketones is 1. The highest BCUT2D eigenvalue weighted by atomic mass is 35.5. The third-order valence-corrected chi connectivity index (χ3v) is 7.82. The van der Waals surface area contributed by atoms with E-state index in [1.165, 1.54) is 19.3 Å². The molecule has 0 unspecified atom stereocenters. The molecule has 35 heavy (non-hydrogen) atoms. The van der Waals surface area contributed by atoms with Gasteiger partial charge in [0.2, 0.25) is 0 Å². The first-order valence-electron chi connectivity index (χ1n) is 12.7. The van der Waals surface area contributed by atoms with Crippen molar-refractivity contribution in [1.29, 1.82) is 0 Å². The van der Waals surface area contributed by atoms with Crippen LogP contribution in [-0.4, -0.2) is 70.8 Å². The van der Waals surface area contributed by atoms with Crippen molar-refractivity contribution in [3.05, 3.63) is 63.4 Å². The minimum absolute atomic E-state index is 0.0422. The molecule has 0 radical (unpaired) electrons. The van der Waals surface area contributed by atoms with Crippen LogP contribution in [0.5, 0.6) is 0 Å². The third-order valence-electron chi connectivity index (χ3n) is 7.61. The summed E-state index contributed by atoms with van der Waals surface area (Å²) >= 11 is 6.48. The second-order valence-corrected chi connectivity index (χ2v) is 10.8. The van der Waals surface area contributed by atoms with Gasteiger partial charge in [-0.2, -0.15) is 0 Å². The van der Waals surface area contributed by atoms with Crippen LogP contribution in [-0.2, 0) is 13.0 Å². The van der Waals surface area contributed by atoms with E-state index in [9.17, 15) is 9.59 Å². The number of urea groups is 1. The van der Waals surface area contributed by atoms with Crippen molar-refractivity contribution < 1.29 is 9.59 Å². The molecule has 0 bridgehead atoms. The number of Topliss-reactive ketones (excluding diaryl/α,β-unsaturated/α-hetero) is 1. The minimum Gasteiger partial charge on any atom is -0.327 e. The van der Waals surface area contributed by atoms with Gasteiger partial charge >= 0.3 is 6.03 Å². The number of aryl methyl sites for hydroxylation is 1. The summed E-state index contributed by atoms with van der Waals surface area (Å²) in [5.41, 5.74) is 4.71. The number of benzene rings is 1. The van der Waals surface area contributed by atoms with E-state index in [4.69, 9.17) is 11.6 Å². The maximum absolute atomic E-state index is 13.0. The Morgan fingerprint density at radius 3 is 2.51 bits per heavy atom. The highest BCUT2D eigenvalue weighted by Crippen LogP contribution is 2.28. The molecule has 7 heteroatoms. The molecule has 4 rings (SSSR count). The Kier molecular flexibility index (Phi) is 8.12. The van der Waals surface area contributed by atoms with Crippen molar-refractivity contribution in [1.82, 2.24) is 19.7 Å². The van der Waals surface area contributed by atoms with E-state index in [1.807, 2.05) is 48.0 Å². The first kappa shape index (κ1) is 25.6. The average molecular weight is 497 g/mol. The average Bonchev–Trinajstić information content (AvgIpc) is 2.79. The summed E-state index contributed by atoms with van der Waals surface area (Å²) in [5.74, 6) is 0.718. The Labute approximate surface area is 214 Å². The molecular formula is C28H37ClN4O2. The molecule has 2 fully saturated rings. The Balaban J connectivity index is 1.38. The topological polar surface area (TPSA) is 56.8 Å². The van der Waals surface area contributed by atoms with Crippen LogP contribution in [0.15, 0.2) is 30.5 Å². The van der Waals surface area contributed by atoms with Crippen molar-refractivity contribution in [2.75, 3.05) is 33.2 Å². The summed E-state index contributed by atoms with van der Waals surface area (Å²) in [6.07, 6.45) is 5.73. The van der Waals surface area contributed by atoms with Gasteiger partial charge < -0.3 is 9.80 Å². The van der Waals surface area contributed by atoms with Gasteiger partial charge in [0.15, 0.2) is 5.78 Å². The van der Waals surface area contributed by atoms with Gasteiger partial charge in [-0.1, -0.05) is 18.0 Å². The van der Waals surface area contributed by atoms with Crippen LogP contribution in [0.4, 0.5) is 4.79 Å². The van der Waals surface area contributed by atoms with Crippen LogP contribution in [0, 0.1) is 19.8 Å². The second kappa shape index (κ2) is 11.1. The smallest absolute Gasteiger partial charge is 0.320 e.